The lowest BCUT2D eigenvalue weighted by molar-refractivity contribution is 0.153. The Labute approximate surface area is 175 Å². The van der Waals surface area contributed by atoms with Crippen LogP contribution in [0, 0.1) is 0 Å². The highest BCUT2D eigenvalue weighted by Gasteiger charge is 2.35. The number of sulfonamides is 1. The number of aromatic nitrogens is 1. The zero-order valence-electron chi connectivity index (χ0n) is 16.2. The van der Waals surface area contributed by atoms with Crippen LogP contribution in [0.1, 0.15) is 24.3 Å². The van der Waals surface area contributed by atoms with Crippen molar-refractivity contribution < 1.29 is 12.8 Å². The van der Waals surface area contributed by atoms with E-state index in [0.29, 0.717) is 9.97 Å². The molecule has 1 saturated heterocycles. The highest BCUT2D eigenvalue weighted by molar-refractivity contribution is 7.91. The third-order valence-electron chi connectivity index (χ3n) is 5.32. The summed E-state index contributed by atoms with van der Waals surface area (Å²) < 4.78 is 34.0. The van der Waals surface area contributed by atoms with Gasteiger partial charge in [-0.25, -0.2) is 8.42 Å². The van der Waals surface area contributed by atoms with E-state index in [9.17, 15) is 8.42 Å². The first kappa shape index (κ1) is 20.3. The van der Waals surface area contributed by atoms with Crippen LogP contribution in [0.2, 0.25) is 0 Å². The molecule has 0 aromatic carbocycles. The zero-order chi connectivity index (χ0) is 20.1. The molecular formula is C21H25N3O3S2. The van der Waals surface area contributed by atoms with Gasteiger partial charge in [-0.3, -0.25) is 4.98 Å². The second-order valence-corrected chi connectivity index (χ2v) is 10.3. The van der Waals surface area contributed by atoms with Crippen LogP contribution in [0.5, 0.6) is 0 Å². The fourth-order valence-electron chi connectivity index (χ4n) is 3.74. The number of furan rings is 1. The molecule has 0 aliphatic carbocycles. The quantitative estimate of drug-likeness (QED) is 0.545. The van der Waals surface area contributed by atoms with E-state index in [2.05, 4.69) is 9.88 Å². The van der Waals surface area contributed by atoms with Crippen molar-refractivity contribution >= 4 is 21.4 Å². The van der Waals surface area contributed by atoms with Gasteiger partial charge in [-0.1, -0.05) is 12.1 Å². The molecule has 1 aliphatic rings. The Kier molecular flexibility index (Phi) is 6.44. The molecule has 4 heterocycles. The molecule has 1 fully saturated rings. The first-order valence-electron chi connectivity index (χ1n) is 9.83. The van der Waals surface area contributed by atoms with Crippen molar-refractivity contribution in [2.45, 2.75) is 36.1 Å². The molecule has 0 bridgehead atoms. The average Bonchev–Trinajstić information content (AvgIpc) is 3.46. The summed E-state index contributed by atoms with van der Waals surface area (Å²) in [7, 11) is -3.54. The number of nitrogens with zero attached hydrogens (tertiary/aromatic N) is 3. The van der Waals surface area contributed by atoms with Crippen LogP contribution in [-0.2, 0) is 23.0 Å². The minimum atomic E-state index is -3.54. The van der Waals surface area contributed by atoms with Gasteiger partial charge in [-0.15, -0.1) is 11.3 Å². The van der Waals surface area contributed by atoms with Crippen LogP contribution < -0.4 is 0 Å². The molecule has 0 atom stereocenters. The summed E-state index contributed by atoms with van der Waals surface area (Å²) in [5.74, 6) is 0.669. The molecule has 0 N–H and O–H groups in total. The van der Waals surface area contributed by atoms with E-state index in [1.54, 1.807) is 34.1 Å². The summed E-state index contributed by atoms with van der Waals surface area (Å²) in [5.41, 5.74) is 1.09. The summed E-state index contributed by atoms with van der Waals surface area (Å²) in [5, 5.41) is 1.80. The van der Waals surface area contributed by atoms with Crippen molar-refractivity contribution in [2.24, 2.45) is 0 Å². The Balaban J connectivity index is 1.42. The SMILES string of the molecule is O=S(=O)(c1cccs1)N(Cc1ccco1)C1CCN(CCc2ccccn2)CC1. The van der Waals surface area contributed by atoms with Crippen molar-refractivity contribution in [1.29, 1.82) is 0 Å². The van der Waals surface area contributed by atoms with E-state index in [1.165, 1.54) is 11.3 Å². The fourth-order valence-corrected chi connectivity index (χ4v) is 6.51. The summed E-state index contributed by atoms with van der Waals surface area (Å²) in [6.45, 7) is 2.98. The highest BCUT2D eigenvalue weighted by Crippen LogP contribution is 2.29. The second kappa shape index (κ2) is 9.21. The van der Waals surface area contributed by atoms with E-state index in [-0.39, 0.29) is 12.6 Å². The third kappa shape index (κ3) is 4.95. The van der Waals surface area contributed by atoms with Gasteiger partial charge in [-0.2, -0.15) is 4.31 Å². The highest BCUT2D eigenvalue weighted by atomic mass is 32.2. The van der Waals surface area contributed by atoms with E-state index in [4.69, 9.17) is 4.42 Å². The number of thiophene rings is 1. The maximum Gasteiger partial charge on any atom is 0.253 e. The maximum atomic E-state index is 13.3. The van der Waals surface area contributed by atoms with Gasteiger partial charge in [0.1, 0.15) is 9.97 Å². The van der Waals surface area contributed by atoms with Crippen molar-refractivity contribution in [3.05, 3.63) is 71.8 Å². The van der Waals surface area contributed by atoms with Crippen LogP contribution in [0.3, 0.4) is 0 Å². The topological polar surface area (TPSA) is 66.7 Å². The molecule has 3 aromatic rings. The number of hydrogen-bond acceptors (Lipinski definition) is 6. The molecule has 8 heteroatoms. The molecule has 29 heavy (non-hydrogen) atoms. The summed E-state index contributed by atoms with van der Waals surface area (Å²) in [6, 6.07) is 13.0. The molecule has 4 rings (SSSR count). The summed E-state index contributed by atoms with van der Waals surface area (Å²) in [4.78, 5) is 6.78. The van der Waals surface area contributed by atoms with E-state index in [1.807, 2.05) is 30.5 Å². The lowest BCUT2D eigenvalue weighted by Crippen LogP contribution is -2.47. The lowest BCUT2D eigenvalue weighted by atomic mass is 10.0. The van der Waals surface area contributed by atoms with Gasteiger partial charge in [0, 0.05) is 30.9 Å². The molecule has 6 nitrogen and oxygen atoms in total. The van der Waals surface area contributed by atoms with Gasteiger partial charge in [0.2, 0.25) is 0 Å². The van der Waals surface area contributed by atoms with Crippen molar-refractivity contribution in [3.63, 3.8) is 0 Å². The Hall–Kier alpha value is -2.00. The molecular weight excluding hydrogens is 406 g/mol. The minimum absolute atomic E-state index is 0.0294. The number of likely N-dealkylation sites (tertiary alicyclic amines) is 1. The number of piperidine rings is 1. The number of pyridine rings is 1. The monoisotopic (exact) mass is 431 g/mol. The predicted octanol–water partition coefficient (Wildman–Crippen LogP) is 3.63. The normalized spacial score (nSPS) is 16.4. The van der Waals surface area contributed by atoms with Gasteiger partial charge in [0.05, 0.1) is 12.8 Å². The first-order valence-corrected chi connectivity index (χ1v) is 12.1. The summed E-state index contributed by atoms with van der Waals surface area (Å²) in [6.07, 6.45) is 5.95. The second-order valence-electron chi connectivity index (χ2n) is 7.21. The molecule has 154 valence electrons. The number of hydrogen-bond donors (Lipinski definition) is 0. The predicted molar refractivity (Wildman–Crippen MR) is 113 cm³/mol. The van der Waals surface area contributed by atoms with Crippen molar-refractivity contribution in [2.75, 3.05) is 19.6 Å². The lowest BCUT2D eigenvalue weighted by Gasteiger charge is -2.37. The van der Waals surface area contributed by atoms with Crippen molar-refractivity contribution in [1.82, 2.24) is 14.2 Å². The Morgan fingerprint density at radius 2 is 2.00 bits per heavy atom. The standard InChI is InChI=1S/C21H25N3O3S2/c25-29(26,21-7-4-16-28-21)24(17-20-6-3-15-27-20)19-9-13-23(14-10-19)12-8-18-5-1-2-11-22-18/h1-7,11,15-16,19H,8-10,12-14,17H2. The van der Waals surface area contributed by atoms with Crippen LogP contribution in [0.25, 0.3) is 0 Å². The largest absolute Gasteiger partial charge is 0.468 e. The smallest absolute Gasteiger partial charge is 0.253 e. The molecule has 0 spiro atoms. The van der Waals surface area contributed by atoms with E-state index in [0.717, 1.165) is 44.6 Å². The van der Waals surface area contributed by atoms with E-state index < -0.39 is 10.0 Å². The molecule has 0 amide bonds. The Morgan fingerprint density at radius 3 is 2.66 bits per heavy atom. The third-order valence-corrected chi connectivity index (χ3v) is 8.60. The van der Waals surface area contributed by atoms with Crippen LogP contribution in [-0.4, -0.2) is 48.3 Å². The maximum absolute atomic E-state index is 13.3. The van der Waals surface area contributed by atoms with Gasteiger partial charge in [0.25, 0.3) is 10.0 Å². The fraction of sp³-hybridized carbons (Fsp3) is 0.381. The van der Waals surface area contributed by atoms with Gasteiger partial charge < -0.3 is 9.32 Å². The molecule has 0 radical (unpaired) electrons. The molecule has 0 saturated carbocycles. The van der Waals surface area contributed by atoms with Crippen LogP contribution >= 0.6 is 11.3 Å². The summed E-state index contributed by atoms with van der Waals surface area (Å²) >= 11 is 1.26. The Morgan fingerprint density at radius 1 is 1.14 bits per heavy atom. The molecule has 0 unspecified atom stereocenters. The van der Waals surface area contributed by atoms with E-state index >= 15 is 0 Å². The molecule has 3 aromatic heterocycles. The minimum Gasteiger partial charge on any atom is -0.468 e. The number of rotatable bonds is 8. The van der Waals surface area contributed by atoms with Crippen molar-refractivity contribution in [3.8, 4) is 0 Å². The zero-order valence-corrected chi connectivity index (χ0v) is 17.8. The van der Waals surface area contributed by atoms with Gasteiger partial charge in [0.15, 0.2) is 0 Å². The average molecular weight is 432 g/mol. The Bertz CT molecular complexity index is 966. The van der Waals surface area contributed by atoms with Gasteiger partial charge >= 0.3 is 0 Å². The molecule has 1 aliphatic heterocycles. The van der Waals surface area contributed by atoms with Crippen LogP contribution in [0.15, 0.2) is 68.9 Å². The van der Waals surface area contributed by atoms with Gasteiger partial charge in [-0.05, 0) is 61.6 Å². The van der Waals surface area contributed by atoms with Crippen LogP contribution in [0.4, 0.5) is 0 Å². The first-order chi connectivity index (χ1) is 14.1.